The lowest BCUT2D eigenvalue weighted by Gasteiger charge is -2.11. The van der Waals surface area contributed by atoms with Crippen molar-refractivity contribution in [2.45, 2.75) is 32.6 Å². The Morgan fingerprint density at radius 2 is 2.12 bits per heavy atom. The Labute approximate surface area is 104 Å². The third-order valence-corrected chi connectivity index (χ3v) is 3.42. The van der Waals surface area contributed by atoms with Gasteiger partial charge in [-0.2, -0.15) is 0 Å². The highest BCUT2D eigenvalue weighted by Gasteiger charge is 2.14. The Kier molecular flexibility index (Phi) is 4.87. The topological polar surface area (TPSA) is 21.3 Å². The van der Waals surface area contributed by atoms with Crippen molar-refractivity contribution in [2.75, 3.05) is 25.1 Å². The molecule has 1 N–H and O–H groups in total. The second-order valence-corrected chi connectivity index (χ2v) is 5.02. The molecule has 0 unspecified atom stereocenters. The van der Waals surface area contributed by atoms with E-state index in [0.717, 1.165) is 25.7 Å². The first-order valence-corrected chi connectivity index (χ1v) is 6.73. The molecule has 1 aliphatic carbocycles. The van der Waals surface area contributed by atoms with Gasteiger partial charge in [0.15, 0.2) is 0 Å². The molecule has 94 valence electrons. The van der Waals surface area contributed by atoms with E-state index in [0.29, 0.717) is 0 Å². The second kappa shape index (κ2) is 6.65. The lowest BCUT2D eigenvalue weighted by molar-refractivity contribution is 0.109. The predicted octanol–water partition coefficient (Wildman–Crippen LogP) is 3.61. The van der Waals surface area contributed by atoms with Crippen LogP contribution in [0.2, 0.25) is 0 Å². The van der Waals surface area contributed by atoms with Gasteiger partial charge in [-0.3, -0.25) is 0 Å². The SMILES string of the molecule is Cc1cccc(NCCOCC2CCCC2)c1. The van der Waals surface area contributed by atoms with E-state index < -0.39 is 0 Å². The smallest absolute Gasteiger partial charge is 0.0639 e. The molecule has 1 aromatic rings. The summed E-state index contributed by atoms with van der Waals surface area (Å²) in [7, 11) is 0. The first kappa shape index (κ1) is 12.4. The summed E-state index contributed by atoms with van der Waals surface area (Å²) in [5.74, 6) is 0.828. The highest BCUT2D eigenvalue weighted by Crippen LogP contribution is 2.24. The Hall–Kier alpha value is -1.02. The maximum absolute atomic E-state index is 5.71. The number of rotatable bonds is 6. The van der Waals surface area contributed by atoms with Crippen LogP contribution >= 0.6 is 0 Å². The summed E-state index contributed by atoms with van der Waals surface area (Å²) in [6.07, 6.45) is 5.53. The van der Waals surface area contributed by atoms with E-state index in [9.17, 15) is 0 Å². The van der Waals surface area contributed by atoms with E-state index in [4.69, 9.17) is 4.74 Å². The summed E-state index contributed by atoms with van der Waals surface area (Å²) in [5, 5.41) is 3.39. The molecule has 1 fully saturated rings. The minimum Gasteiger partial charge on any atom is -0.383 e. The molecule has 1 aliphatic rings. The first-order valence-electron chi connectivity index (χ1n) is 6.73. The molecule has 2 heteroatoms. The molecule has 0 heterocycles. The molecule has 1 saturated carbocycles. The van der Waals surface area contributed by atoms with Gasteiger partial charge in [0, 0.05) is 18.8 Å². The zero-order chi connectivity index (χ0) is 11.9. The Balaban J connectivity index is 1.56. The monoisotopic (exact) mass is 233 g/mol. The molecule has 0 aromatic heterocycles. The average Bonchev–Trinajstić information content (AvgIpc) is 2.82. The van der Waals surface area contributed by atoms with Crippen LogP contribution in [0.15, 0.2) is 24.3 Å². The number of hydrogen-bond donors (Lipinski definition) is 1. The van der Waals surface area contributed by atoms with Crippen LogP contribution in [-0.2, 0) is 4.74 Å². The van der Waals surface area contributed by atoms with Crippen molar-refractivity contribution in [3.63, 3.8) is 0 Å². The first-order chi connectivity index (χ1) is 8.34. The fraction of sp³-hybridized carbons (Fsp3) is 0.600. The van der Waals surface area contributed by atoms with Gasteiger partial charge in [-0.05, 0) is 43.4 Å². The molecule has 1 aromatic carbocycles. The Morgan fingerprint density at radius 3 is 2.88 bits per heavy atom. The van der Waals surface area contributed by atoms with Crippen molar-refractivity contribution in [2.24, 2.45) is 5.92 Å². The van der Waals surface area contributed by atoms with Gasteiger partial charge in [0.1, 0.15) is 0 Å². The van der Waals surface area contributed by atoms with Crippen molar-refractivity contribution >= 4 is 5.69 Å². The fourth-order valence-electron chi connectivity index (χ4n) is 2.45. The second-order valence-electron chi connectivity index (χ2n) is 5.02. The maximum Gasteiger partial charge on any atom is 0.0639 e. The number of ether oxygens (including phenoxy) is 1. The summed E-state index contributed by atoms with van der Waals surface area (Å²) >= 11 is 0. The third-order valence-electron chi connectivity index (χ3n) is 3.42. The maximum atomic E-state index is 5.71. The van der Waals surface area contributed by atoms with Crippen LogP contribution in [0, 0.1) is 12.8 Å². The van der Waals surface area contributed by atoms with Crippen molar-refractivity contribution in [1.29, 1.82) is 0 Å². The molecule has 0 spiro atoms. The van der Waals surface area contributed by atoms with E-state index in [1.165, 1.54) is 36.9 Å². The zero-order valence-corrected chi connectivity index (χ0v) is 10.7. The number of aryl methyl sites for hydroxylation is 1. The van der Waals surface area contributed by atoms with Gasteiger partial charge in [0.05, 0.1) is 6.61 Å². The number of hydrogen-bond acceptors (Lipinski definition) is 2. The summed E-state index contributed by atoms with van der Waals surface area (Å²) in [6.45, 7) is 4.78. The standard InChI is InChI=1S/C15H23NO/c1-13-5-4-8-15(11-13)16-9-10-17-12-14-6-2-3-7-14/h4-5,8,11,14,16H,2-3,6-7,9-10,12H2,1H3. The molecule has 0 bridgehead atoms. The third kappa shape index (κ3) is 4.39. The van der Waals surface area contributed by atoms with Crippen LogP contribution in [0.5, 0.6) is 0 Å². The molecule has 0 aliphatic heterocycles. The quantitative estimate of drug-likeness (QED) is 0.758. The van der Waals surface area contributed by atoms with Crippen LogP contribution in [-0.4, -0.2) is 19.8 Å². The normalized spacial score (nSPS) is 16.3. The van der Waals surface area contributed by atoms with Crippen molar-refractivity contribution < 1.29 is 4.74 Å². The average molecular weight is 233 g/mol. The van der Waals surface area contributed by atoms with Crippen molar-refractivity contribution in [3.8, 4) is 0 Å². The lowest BCUT2D eigenvalue weighted by atomic mass is 10.1. The zero-order valence-electron chi connectivity index (χ0n) is 10.7. The van der Waals surface area contributed by atoms with Gasteiger partial charge < -0.3 is 10.1 Å². The highest BCUT2D eigenvalue weighted by molar-refractivity contribution is 5.45. The van der Waals surface area contributed by atoms with E-state index in [1.54, 1.807) is 0 Å². The molecule has 17 heavy (non-hydrogen) atoms. The van der Waals surface area contributed by atoms with Crippen molar-refractivity contribution in [3.05, 3.63) is 29.8 Å². The van der Waals surface area contributed by atoms with Gasteiger partial charge in [-0.15, -0.1) is 0 Å². The molecular weight excluding hydrogens is 210 g/mol. The fourth-order valence-corrected chi connectivity index (χ4v) is 2.45. The molecule has 2 rings (SSSR count). The van der Waals surface area contributed by atoms with E-state index in [1.807, 2.05) is 0 Å². The van der Waals surface area contributed by atoms with Gasteiger partial charge in [0.25, 0.3) is 0 Å². The molecular formula is C15H23NO. The predicted molar refractivity (Wildman–Crippen MR) is 72.4 cm³/mol. The number of anilines is 1. The molecule has 0 amide bonds. The van der Waals surface area contributed by atoms with Gasteiger partial charge in [0.2, 0.25) is 0 Å². The minimum absolute atomic E-state index is 0.810. The number of benzene rings is 1. The van der Waals surface area contributed by atoms with Gasteiger partial charge >= 0.3 is 0 Å². The van der Waals surface area contributed by atoms with Crippen LogP contribution in [0.3, 0.4) is 0 Å². The summed E-state index contributed by atoms with van der Waals surface area (Å²) in [6, 6.07) is 8.46. The van der Waals surface area contributed by atoms with Crippen LogP contribution in [0.1, 0.15) is 31.2 Å². The summed E-state index contributed by atoms with van der Waals surface area (Å²) in [5.41, 5.74) is 2.48. The van der Waals surface area contributed by atoms with Crippen LogP contribution in [0.4, 0.5) is 5.69 Å². The number of nitrogens with one attached hydrogen (secondary N) is 1. The molecule has 2 nitrogen and oxygen atoms in total. The lowest BCUT2D eigenvalue weighted by Crippen LogP contribution is -2.13. The van der Waals surface area contributed by atoms with E-state index >= 15 is 0 Å². The molecule has 0 atom stereocenters. The highest BCUT2D eigenvalue weighted by atomic mass is 16.5. The summed E-state index contributed by atoms with van der Waals surface area (Å²) < 4.78 is 5.71. The Bertz CT molecular complexity index is 331. The largest absolute Gasteiger partial charge is 0.383 e. The van der Waals surface area contributed by atoms with Crippen LogP contribution in [0.25, 0.3) is 0 Å². The van der Waals surface area contributed by atoms with Gasteiger partial charge in [-0.25, -0.2) is 0 Å². The minimum atomic E-state index is 0.810. The van der Waals surface area contributed by atoms with Gasteiger partial charge in [-0.1, -0.05) is 25.0 Å². The molecule has 0 radical (unpaired) electrons. The molecule has 0 saturated heterocycles. The Morgan fingerprint density at radius 1 is 1.29 bits per heavy atom. The van der Waals surface area contributed by atoms with E-state index in [-0.39, 0.29) is 0 Å². The van der Waals surface area contributed by atoms with E-state index in [2.05, 4.69) is 36.5 Å². The van der Waals surface area contributed by atoms with Crippen LogP contribution < -0.4 is 5.32 Å². The summed E-state index contributed by atoms with van der Waals surface area (Å²) in [4.78, 5) is 0. The van der Waals surface area contributed by atoms with Crippen molar-refractivity contribution in [1.82, 2.24) is 0 Å².